The van der Waals surface area contributed by atoms with E-state index in [2.05, 4.69) is 37.6 Å². The molecule has 0 atom stereocenters. The van der Waals surface area contributed by atoms with E-state index < -0.39 is 0 Å². The molecule has 2 aliphatic heterocycles. The van der Waals surface area contributed by atoms with Crippen LogP contribution in [0.3, 0.4) is 0 Å². The van der Waals surface area contributed by atoms with Crippen molar-refractivity contribution in [3.8, 4) is 5.75 Å². The Morgan fingerprint density at radius 1 is 1.06 bits per heavy atom. The Balaban J connectivity index is 1.90. The lowest BCUT2D eigenvalue weighted by Crippen LogP contribution is -2.43. The summed E-state index contributed by atoms with van der Waals surface area (Å²) in [5.74, 6) is 0.905. The summed E-state index contributed by atoms with van der Waals surface area (Å²) < 4.78 is 5.81. The number of hydrogen-bond donors (Lipinski definition) is 0. The minimum absolute atomic E-state index is 0.150. The fraction of sp³-hybridized carbons (Fsp3) is 0.615. The van der Waals surface area contributed by atoms with Crippen LogP contribution >= 0.6 is 0 Å². The highest BCUT2D eigenvalue weighted by Gasteiger charge is 2.42. The summed E-state index contributed by atoms with van der Waals surface area (Å²) in [6, 6.07) is 7.88. The largest absolute Gasteiger partial charge is 0.493 e. The number of carbonyl (C=O) groups excluding carboxylic acids is 2. The van der Waals surface area contributed by atoms with Crippen molar-refractivity contribution in [2.24, 2.45) is 5.92 Å². The molecule has 0 unspecified atom stereocenters. The van der Waals surface area contributed by atoms with Crippen molar-refractivity contribution in [1.82, 2.24) is 14.7 Å². The molecule has 0 aromatic heterocycles. The molecule has 1 fully saturated rings. The zero-order valence-electron chi connectivity index (χ0n) is 20.4. The topological polar surface area (TPSA) is 53.1 Å². The summed E-state index contributed by atoms with van der Waals surface area (Å²) in [6.45, 7) is 9.48. The molecule has 0 aliphatic carbocycles. The van der Waals surface area contributed by atoms with Gasteiger partial charge in [0.2, 0.25) is 0 Å². The van der Waals surface area contributed by atoms with Gasteiger partial charge in [0, 0.05) is 19.6 Å². The van der Waals surface area contributed by atoms with E-state index in [-0.39, 0.29) is 17.9 Å². The van der Waals surface area contributed by atoms with Crippen LogP contribution in [0.25, 0.3) is 5.57 Å². The van der Waals surface area contributed by atoms with E-state index in [4.69, 9.17) is 4.74 Å². The van der Waals surface area contributed by atoms with Crippen LogP contribution in [0.5, 0.6) is 5.75 Å². The quantitative estimate of drug-likeness (QED) is 0.406. The standard InChI is InChI=1S/C26H39N3O3/c1-6-7-8-15-29-25(30)23(20-9-11-22(12-10-20)32-18-19(2)3)24(26(29)31)28(5)21-13-16-27(4)17-14-21/h9-12,19,21H,6-8,13-18H2,1-5H3. The zero-order valence-corrected chi connectivity index (χ0v) is 20.4. The molecule has 1 saturated heterocycles. The number of ether oxygens (including phenoxy) is 1. The number of carbonyl (C=O) groups is 2. The number of benzene rings is 1. The van der Waals surface area contributed by atoms with Gasteiger partial charge in [-0.1, -0.05) is 45.7 Å². The summed E-state index contributed by atoms with van der Waals surface area (Å²) in [4.78, 5) is 32.7. The number of unbranched alkanes of at least 4 members (excludes halogenated alkanes) is 2. The van der Waals surface area contributed by atoms with E-state index in [1.54, 1.807) is 0 Å². The van der Waals surface area contributed by atoms with Crippen molar-refractivity contribution in [2.75, 3.05) is 40.3 Å². The highest BCUT2D eigenvalue weighted by Crippen LogP contribution is 2.34. The minimum atomic E-state index is -0.170. The Morgan fingerprint density at radius 3 is 2.31 bits per heavy atom. The molecular formula is C26H39N3O3. The highest BCUT2D eigenvalue weighted by atomic mass is 16.5. The van der Waals surface area contributed by atoms with Gasteiger partial charge >= 0.3 is 0 Å². The molecule has 1 aromatic rings. The Hall–Kier alpha value is -2.34. The van der Waals surface area contributed by atoms with Crippen LogP contribution in [0.1, 0.15) is 58.4 Å². The molecule has 0 radical (unpaired) electrons. The van der Waals surface area contributed by atoms with Crippen LogP contribution in [0.2, 0.25) is 0 Å². The molecule has 2 heterocycles. The second kappa shape index (κ2) is 11.0. The molecule has 3 rings (SSSR count). The maximum atomic E-state index is 13.5. The molecule has 0 bridgehead atoms. The second-order valence-electron chi connectivity index (χ2n) is 9.57. The van der Waals surface area contributed by atoms with E-state index in [0.29, 0.717) is 30.3 Å². The Bertz CT molecular complexity index is 823. The second-order valence-corrected chi connectivity index (χ2v) is 9.57. The number of piperidine rings is 1. The Kier molecular flexibility index (Phi) is 8.35. The number of amides is 2. The first-order chi connectivity index (χ1) is 15.3. The SMILES string of the molecule is CCCCCN1C(=O)C(c2ccc(OCC(C)C)cc2)=C(N(C)C2CCN(C)CC2)C1=O. The van der Waals surface area contributed by atoms with E-state index in [1.807, 2.05) is 31.3 Å². The Morgan fingerprint density at radius 2 is 1.72 bits per heavy atom. The van der Waals surface area contributed by atoms with Gasteiger partial charge in [-0.25, -0.2) is 0 Å². The third kappa shape index (κ3) is 5.52. The van der Waals surface area contributed by atoms with E-state index in [0.717, 1.165) is 56.5 Å². The summed E-state index contributed by atoms with van der Waals surface area (Å²) in [6.07, 6.45) is 4.88. The predicted octanol–water partition coefficient (Wildman–Crippen LogP) is 4.02. The van der Waals surface area contributed by atoms with Gasteiger partial charge in [-0.15, -0.1) is 0 Å². The first-order valence-corrected chi connectivity index (χ1v) is 12.1. The van der Waals surface area contributed by atoms with E-state index >= 15 is 0 Å². The van der Waals surface area contributed by atoms with Gasteiger partial charge in [0.05, 0.1) is 12.2 Å². The lowest BCUT2D eigenvalue weighted by atomic mass is 10.00. The fourth-order valence-corrected chi connectivity index (χ4v) is 4.42. The maximum Gasteiger partial charge on any atom is 0.277 e. The van der Waals surface area contributed by atoms with Crippen LogP contribution in [0.4, 0.5) is 0 Å². The summed E-state index contributed by atoms with van der Waals surface area (Å²) in [5, 5.41) is 0. The van der Waals surface area contributed by atoms with E-state index in [9.17, 15) is 9.59 Å². The lowest BCUT2D eigenvalue weighted by molar-refractivity contribution is -0.137. The molecule has 0 saturated carbocycles. The molecule has 176 valence electrons. The lowest BCUT2D eigenvalue weighted by Gasteiger charge is -2.36. The average molecular weight is 442 g/mol. The van der Waals surface area contributed by atoms with Gasteiger partial charge in [0.1, 0.15) is 11.4 Å². The van der Waals surface area contributed by atoms with Crippen molar-refractivity contribution in [3.63, 3.8) is 0 Å². The van der Waals surface area contributed by atoms with Crippen LogP contribution in [-0.2, 0) is 9.59 Å². The van der Waals surface area contributed by atoms with Crippen LogP contribution in [0.15, 0.2) is 30.0 Å². The van der Waals surface area contributed by atoms with Gasteiger partial charge in [-0.3, -0.25) is 14.5 Å². The van der Waals surface area contributed by atoms with Crippen LogP contribution in [-0.4, -0.2) is 72.9 Å². The first-order valence-electron chi connectivity index (χ1n) is 12.1. The Labute approximate surface area is 193 Å². The number of likely N-dealkylation sites (tertiary alicyclic amines) is 1. The molecule has 1 aromatic carbocycles. The third-order valence-corrected chi connectivity index (χ3v) is 6.44. The third-order valence-electron chi connectivity index (χ3n) is 6.44. The average Bonchev–Trinajstić information content (AvgIpc) is 3.03. The molecule has 32 heavy (non-hydrogen) atoms. The predicted molar refractivity (Wildman–Crippen MR) is 128 cm³/mol. The zero-order chi connectivity index (χ0) is 23.3. The van der Waals surface area contributed by atoms with Gasteiger partial charge in [0.25, 0.3) is 11.8 Å². The molecular weight excluding hydrogens is 402 g/mol. The normalized spacial score (nSPS) is 18.2. The number of nitrogens with zero attached hydrogens (tertiary/aromatic N) is 3. The molecule has 2 amide bonds. The minimum Gasteiger partial charge on any atom is -0.493 e. The summed E-state index contributed by atoms with van der Waals surface area (Å²) in [5.41, 5.74) is 1.87. The smallest absolute Gasteiger partial charge is 0.277 e. The fourth-order valence-electron chi connectivity index (χ4n) is 4.42. The number of imide groups is 1. The van der Waals surface area contributed by atoms with Gasteiger partial charge in [-0.2, -0.15) is 0 Å². The van der Waals surface area contributed by atoms with Crippen LogP contribution < -0.4 is 4.74 Å². The van der Waals surface area contributed by atoms with Crippen molar-refractivity contribution < 1.29 is 14.3 Å². The molecule has 6 nitrogen and oxygen atoms in total. The van der Waals surface area contributed by atoms with Crippen molar-refractivity contribution in [3.05, 3.63) is 35.5 Å². The molecule has 0 spiro atoms. The highest BCUT2D eigenvalue weighted by molar-refractivity contribution is 6.35. The van der Waals surface area contributed by atoms with Gasteiger partial charge in [0.15, 0.2) is 0 Å². The summed E-state index contributed by atoms with van der Waals surface area (Å²) in [7, 11) is 4.11. The number of likely N-dealkylation sites (N-methyl/N-ethyl adjacent to an activating group) is 1. The van der Waals surface area contributed by atoms with Crippen molar-refractivity contribution >= 4 is 17.4 Å². The molecule has 6 heteroatoms. The number of rotatable bonds is 10. The van der Waals surface area contributed by atoms with Gasteiger partial charge < -0.3 is 14.5 Å². The van der Waals surface area contributed by atoms with Crippen molar-refractivity contribution in [1.29, 1.82) is 0 Å². The molecule has 0 N–H and O–H groups in total. The van der Waals surface area contributed by atoms with Gasteiger partial charge in [-0.05, 0) is 63.0 Å². The number of hydrogen-bond acceptors (Lipinski definition) is 5. The summed E-state index contributed by atoms with van der Waals surface area (Å²) >= 11 is 0. The first kappa shape index (κ1) is 24.3. The van der Waals surface area contributed by atoms with Crippen LogP contribution in [0, 0.1) is 5.92 Å². The monoisotopic (exact) mass is 441 g/mol. The molecule has 2 aliphatic rings. The maximum absolute atomic E-state index is 13.5. The van der Waals surface area contributed by atoms with E-state index in [1.165, 1.54) is 4.90 Å². The van der Waals surface area contributed by atoms with Crippen molar-refractivity contribution in [2.45, 2.75) is 58.9 Å².